The second kappa shape index (κ2) is 4.97. The Morgan fingerprint density at radius 3 is 2.60 bits per heavy atom. The van der Waals surface area contributed by atoms with Gasteiger partial charge >= 0.3 is 5.69 Å². The Morgan fingerprint density at radius 1 is 1.10 bits per heavy atom. The fourth-order valence-electron chi connectivity index (χ4n) is 1.95. The van der Waals surface area contributed by atoms with E-state index in [-0.39, 0.29) is 11.6 Å². The second-order valence-corrected chi connectivity index (χ2v) is 5.23. The number of aromatic nitrogens is 2. The Bertz CT molecular complexity index is 851. The van der Waals surface area contributed by atoms with Crippen LogP contribution in [0.3, 0.4) is 0 Å². The third kappa shape index (κ3) is 2.50. The number of hydrogen-bond acceptors (Lipinski definition) is 2. The fourth-order valence-corrected chi connectivity index (χ4v) is 2.33. The van der Waals surface area contributed by atoms with Crippen LogP contribution in [0.1, 0.15) is 10.5 Å². The van der Waals surface area contributed by atoms with E-state index in [2.05, 4.69) is 31.2 Å². The number of carbonyl (C=O) groups excluding carboxylic acids is 1. The molecule has 1 aromatic heterocycles. The molecule has 2 aromatic carbocycles. The van der Waals surface area contributed by atoms with E-state index >= 15 is 0 Å². The molecule has 0 radical (unpaired) electrons. The van der Waals surface area contributed by atoms with Gasteiger partial charge in [-0.05, 0) is 35.0 Å². The first-order valence-electron chi connectivity index (χ1n) is 5.90. The first-order chi connectivity index (χ1) is 9.61. The maximum absolute atomic E-state index is 11.9. The first kappa shape index (κ1) is 12.7. The molecule has 0 aliphatic carbocycles. The summed E-state index contributed by atoms with van der Waals surface area (Å²) in [4.78, 5) is 27.7. The van der Waals surface area contributed by atoms with Gasteiger partial charge in [0.1, 0.15) is 5.69 Å². The monoisotopic (exact) mass is 331 g/mol. The lowest BCUT2D eigenvalue weighted by Crippen LogP contribution is -2.13. The van der Waals surface area contributed by atoms with Gasteiger partial charge in [-0.1, -0.05) is 28.1 Å². The van der Waals surface area contributed by atoms with Crippen molar-refractivity contribution in [2.24, 2.45) is 0 Å². The van der Waals surface area contributed by atoms with Gasteiger partial charge in [-0.25, -0.2) is 4.79 Å². The number of amides is 1. The number of H-pyrrole nitrogens is 2. The molecular weight excluding hydrogens is 322 g/mol. The van der Waals surface area contributed by atoms with Crippen LogP contribution >= 0.6 is 15.9 Å². The summed E-state index contributed by atoms with van der Waals surface area (Å²) in [6.07, 6.45) is 1.34. The zero-order chi connectivity index (χ0) is 14.1. The third-order valence-electron chi connectivity index (χ3n) is 2.90. The van der Waals surface area contributed by atoms with E-state index in [1.807, 2.05) is 36.4 Å². The SMILES string of the molecule is O=C(Nc1ccc2cc(Br)ccc2c1)c1c[nH]c(=O)[nH]1. The number of halogens is 1. The number of hydrogen-bond donors (Lipinski definition) is 3. The van der Waals surface area contributed by atoms with Gasteiger partial charge < -0.3 is 15.3 Å². The van der Waals surface area contributed by atoms with Gasteiger partial charge in [-0.15, -0.1) is 0 Å². The first-order valence-corrected chi connectivity index (χ1v) is 6.69. The Kier molecular flexibility index (Phi) is 3.15. The molecule has 0 atom stereocenters. The van der Waals surface area contributed by atoms with E-state index < -0.39 is 5.69 Å². The lowest BCUT2D eigenvalue weighted by Gasteiger charge is -2.05. The molecule has 0 spiro atoms. The van der Waals surface area contributed by atoms with Crippen LogP contribution in [0.15, 0.2) is 51.9 Å². The van der Waals surface area contributed by atoms with Gasteiger partial charge in [-0.3, -0.25) is 4.79 Å². The van der Waals surface area contributed by atoms with Gasteiger partial charge in [0.25, 0.3) is 5.91 Å². The Labute approximate surface area is 122 Å². The molecule has 3 rings (SSSR count). The zero-order valence-corrected chi connectivity index (χ0v) is 11.8. The highest BCUT2D eigenvalue weighted by molar-refractivity contribution is 9.10. The van der Waals surface area contributed by atoms with Crippen LogP contribution in [0.25, 0.3) is 10.8 Å². The topological polar surface area (TPSA) is 77.8 Å². The number of carbonyl (C=O) groups is 1. The number of anilines is 1. The predicted octanol–water partition coefficient (Wildman–Crippen LogP) is 2.87. The van der Waals surface area contributed by atoms with Crippen LogP contribution in [-0.2, 0) is 0 Å². The number of imidazole rings is 1. The van der Waals surface area contributed by atoms with Gasteiger partial charge in [0.2, 0.25) is 0 Å². The molecule has 1 amide bonds. The average Bonchev–Trinajstić information content (AvgIpc) is 2.86. The molecule has 1 heterocycles. The van der Waals surface area contributed by atoms with Crippen molar-refractivity contribution in [3.8, 4) is 0 Å². The van der Waals surface area contributed by atoms with Crippen molar-refractivity contribution in [1.82, 2.24) is 9.97 Å². The van der Waals surface area contributed by atoms with Gasteiger partial charge in [0.15, 0.2) is 0 Å². The summed E-state index contributed by atoms with van der Waals surface area (Å²) in [5.41, 5.74) is 0.469. The average molecular weight is 332 g/mol. The van der Waals surface area contributed by atoms with Crippen LogP contribution in [0.4, 0.5) is 5.69 Å². The van der Waals surface area contributed by atoms with Crippen LogP contribution < -0.4 is 11.0 Å². The molecule has 0 saturated carbocycles. The van der Waals surface area contributed by atoms with Crippen molar-refractivity contribution in [2.75, 3.05) is 5.32 Å². The molecule has 5 nitrogen and oxygen atoms in total. The summed E-state index contributed by atoms with van der Waals surface area (Å²) >= 11 is 3.42. The second-order valence-electron chi connectivity index (χ2n) is 4.32. The molecule has 20 heavy (non-hydrogen) atoms. The van der Waals surface area contributed by atoms with Crippen molar-refractivity contribution in [2.45, 2.75) is 0 Å². The van der Waals surface area contributed by atoms with Crippen molar-refractivity contribution in [3.63, 3.8) is 0 Å². The van der Waals surface area contributed by atoms with Crippen molar-refractivity contribution in [1.29, 1.82) is 0 Å². The normalized spacial score (nSPS) is 10.7. The number of fused-ring (bicyclic) bond motifs is 1. The number of aromatic amines is 2. The minimum atomic E-state index is -0.404. The molecule has 0 aliphatic heterocycles. The quantitative estimate of drug-likeness (QED) is 0.675. The molecular formula is C14H10BrN3O2. The van der Waals surface area contributed by atoms with Crippen LogP contribution in [0.5, 0.6) is 0 Å². The molecule has 0 unspecified atom stereocenters. The van der Waals surface area contributed by atoms with Crippen molar-refractivity contribution >= 4 is 38.3 Å². The van der Waals surface area contributed by atoms with E-state index in [0.717, 1.165) is 15.2 Å². The number of rotatable bonds is 2. The Morgan fingerprint density at radius 2 is 1.85 bits per heavy atom. The molecule has 3 aromatic rings. The molecule has 0 fully saturated rings. The lowest BCUT2D eigenvalue weighted by atomic mass is 10.1. The minimum absolute atomic E-state index is 0.200. The molecule has 0 aliphatic rings. The summed E-state index contributed by atoms with van der Waals surface area (Å²) in [5.74, 6) is -0.361. The highest BCUT2D eigenvalue weighted by Gasteiger charge is 2.08. The molecule has 100 valence electrons. The Hall–Kier alpha value is -2.34. The lowest BCUT2D eigenvalue weighted by molar-refractivity contribution is 0.102. The van der Waals surface area contributed by atoms with E-state index in [1.54, 1.807) is 0 Å². The largest absolute Gasteiger partial charge is 0.323 e. The molecule has 0 saturated heterocycles. The molecule has 6 heteroatoms. The van der Waals surface area contributed by atoms with Crippen LogP contribution in [-0.4, -0.2) is 15.9 Å². The Balaban J connectivity index is 1.89. The summed E-state index contributed by atoms with van der Waals surface area (Å²) < 4.78 is 1.01. The maximum atomic E-state index is 11.9. The summed E-state index contributed by atoms with van der Waals surface area (Å²) in [6, 6.07) is 11.5. The molecule has 0 bridgehead atoms. The van der Waals surface area contributed by atoms with Crippen molar-refractivity contribution in [3.05, 3.63) is 63.2 Å². The highest BCUT2D eigenvalue weighted by Crippen LogP contribution is 2.23. The summed E-state index contributed by atoms with van der Waals surface area (Å²) in [7, 11) is 0. The van der Waals surface area contributed by atoms with Crippen LogP contribution in [0.2, 0.25) is 0 Å². The van der Waals surface area contributed by atoms with Crippen LogP contribution in [0, 0.1) is 0 Å². The maximum Gasteiger partial charge on any atom is 0.323 e. The number of benzene rings is 2. The van der Waals surface area contributed by atoms with E-state index in [1.165, 1.54) is 6.20 Å². The van der Waals surface area contributed by atoms with Gasteiger partial charge in [-0.2, -0.15) is 0 Å². The fraction of sp³-hybridized carbons (Fsp3) is 0. The molecule has 3 N–H and O–H groups in total. The smallest absolute Gasteiger partial charge is 0.321 e. The van der Waals surface area contributed by atoms with Crippen molar-refractivity contribution < 1.29 is 4.79 Å². The minimum Gasteiger partial charge on any atom is -0.321 e. The standard InChI is InChI=1S/C14H10BrN3O2/c15-10-3-1-9-6-11(4-2-8(9)5-10)17-13(19)12-7-16-14(20)18-12/h1-7H,(H,17,19)(H2,16,18,20). The van der Waals surface area contributed by atoms with E-state index in [9.17, 15) is 9.59 Å². The third-order valence-corrected chi connectivity index (χ3v) is 3.39. The van der Waals surface area contributed by atoms with Gasteiger partial charge in [0, 0.05) is 16.4 Å². The predicted molar refractivity (Wildman–Crippen MR) is 81.0 cm³/mol. The van der Waals surface area contributed by atoms with Gasteiger partial charge in [0.05, 0.1) is 0 Å². The highest BCUT2D eigenvalue weighted by atomic mass is 79.9. The zero-order valence-electron chi connectivity index (χ0n) is 10.2. The number of nitrogens with one attached hydrogen (secondary N) is 3. The van der Waals surface area contributed by atoms with E-state index in [0.29, 0.717) is 5.69 Å². The summed E-state index contributed by atoms with van der Waals surface area (Å²) in [5, 5.41) is 4.84. The summed E-state index contributed by atoms with van der Waals surface area (Å²) in [6.45, 7) is 0. The van der Waals surface area contributed by atoms with E-state index in [4.69, 9.17) is 0 Å².